The van der Waals surface area contributed by atoms with Crippen LogP contribution in [0.5, 0.6) is 0 Å². The summed E-state index contributed by atoms with van der Waals surface area (Å²) in [6.07, 6.45) is 6.79. The van der Waals surface area contributed by atoms with Crippen molar-refractivity contribution in [2.75, 3.05) is 59.5 Å². The topological polar surface area (TPSA) is 65.3 Å². The third-order valence-corrected chi connectivity index (χ3v) is 5.81. The van der Waals surface area contributed by atoms with Crippen LogP contribution in [0.2, 0.25) is 0 Å². The average Bonchev–Trinajstić information content (AvgIpc) is 3.47. The highest BCUT2D eigenvalue weighted by atomic mass is 16.5. The number of hydrogen-bond donors (Lipinski definition) is 2. The van der Waals surface area contributed by atoms with Crippen LogP contribution in [0.25, 0.3) is 0 Å². The molecule has 28 heavy (non-hydrogen) atoms. The molecule has 0 spiro atoms. The fourth-order valence-corrected chi connectivity index (χ4v) is 4.28. The minimum Gasteiger partial charge on any atom is -0.468 e. The zero-order valence-corrected chi connectivity index (χ0v) is 17.5. The fourth-order valence-electron chi connectivity index (χ4n) is 4.28. The maximum atomic E-state index is 5.72. The monoisotopic (exact) mass is 391 g/mol. The van der Waals surface area contributed by atoms with E-state index in [4.69, 9.17) is 14.1 Å². The van der Waals surface area contributed by atoms with Crippen LogP contribution in [0.4, 0.5) is 0 Å². The third-order valence-electron chi connectivity index (χ3n) is 5.81. The van der Waals surface area contributed by atoms with E-state index in [1.807, 2.05) is 6.07 Å². The maximum Gasteiger partial charge on any atom is 0.191 e. The number of aliphatic imine (C=N–C) groups is 1. The number of nitrogens with zero attached hydrogens (tertiary/aromatic N) is 3. The van der Waals surface area contributed by atoms with Crippen molar-refractivity contribution in [3.63, 3.8) is 0 Å². The molecular weight excluding hydrogens is 354 g/mol. The van der Waals surface area contributed by atoms with Crippen LogP contribution in [-0.4, -0.2) is 81.3 Å². The van der Waals surface area contributed by atoms with Crippen molar-refractivity contribution in [1.82, 2.24) is 20.4 Å². The molecule has 0 bridgehead atoms. The summed E-state index contributed by atoms with van der Waals surface area (Å²) in [5, 5.41) is 6.97. The Labute approximate surface area is 169 Å². The van der Waals surface area contributed by atoms with E-state index in [9.17, 15) is 0 Å². The Morgan fingerprint density at radius 1 is 1.29 bits per heavy atom. The molecule has 2 aliphatic heterocycles. The second kappa shape index (κ2) is 11.4. The summed E-state index contributed by atoms with van der Waals surface area (Å²) in [5.41, 5.74) is 0. The highest BCUT2D eigenvalue weighted by molar-refractivity contribution is 5.79. The van der Waals surface area contributed by atoms with Gasteiger partial charge < -0.3 is 19.8 Å². The maximum absolute atomic E-state index is 5.72. The quantitative estimate of drug-likeness (QED) is 0.470. The van der Waals surface area contributed by atoms with Gasteiger partial charge in [0.1, 0.15) is 5.76 Å². The van der Waals surface area contributed by atoms with E-state index in [-0.39, 0.29) is 6.04 Å². The number of guanidine groups is 1. The molecule has 7 nitrogen and oxygen atoms in total. The Morgan fingerprint density at radius 3 is 2.86 bits per heavy atom. The summed E-state index contributed by atoms with van der Waals surface area (Å²) in [6.45, 7) is 9.83. The summed E-state index contributed by atoms with van der Waals surface area (Å²) in [7, 11) is 1.77. The molecule has 2 unspecified atom stereocenters. The minimum atomic E-state index is 0.220. The molecule has 0 amide bonds. The standard InChI is InChI=1S/C21H37N5O2/c1-3-22-21(23-16-18-8-6-12-25(18)13-15-27-2)24-17-19(20-9-7-14-28-20)26-10-4-5-11-26/h7,9,14,18-19H,3-6,8,10-13,15-17H2,1-2H3,(H2,22,23,24). The largest absolute Gasteiger partial charge is 0.468 e. The molecular formula is C21H37N5O2. The minimum absolute atomic E-state index is 0.220. The Balaban J connectivity index is 1.57. The van der Waals surface area contributed by atoms with Crippen molar-refractivity contribution >= 4 is 5.96 Å². The normalized spacial score (nSPS) is 22.6. The summed E-state index contributed by atoms with van der Waals surface area (Å²) < 4.78 is 11.0. The predicted octanol–water partition coefficient (Wildman–Crippen LogP) is 2.08. The predicted molar refractivity (Wildman–Crippen MR) is 113 cm³/mol. The molecule has 1 aromatic heterocycles. The number of methoxy groups -OCH3 is 1. The van der Waals surface area contributed by atoms with Gasteiger partial charge in [-0.2, -0.15) is 0 Å². The van der Waals surface area contributed by atoms with Gasteiger partial charge in [0.2, 0.25) is 0 Å². The van der Waals surface area contributed by atoms with Crippen molar-refractivity contribution in [3.05, 3.63) is 24.2 Å². The van der Waals surface area contributed by atoms with Crippen LogP contribution >= 0.6 is 0 Å². The third kappa shape index (κ3) is 5.96. The van der Waals surface area contributed by atoms with Crippen molar-refractivity contribution in [2.45, 2.75) is 44.7 Å². The van der Waals surface area contributed by atoms with Gasteiger partial charge in [0.25, 0.3) is 0 Å². The van der Waals surface area contributed by atoms with Crippen LogP contribution in [0.3, 0.4) is 0 Å². The fraction of sp³-hybridized carbons (Fsp3) is 0.762. The van der Waals surface area contributed by atoms with Crippen LogP contribution < -0.4 is 10.6 Å². The number of rotatable bonds is 10. The lowest BCUT2D eigenvalue weighted by atomic mass is 10.2. The molecule has 2 atom stereocenters. The van der Waals surface area contributed by atoms with Crippen molar-refractivity contribution < 1.29 is 9.15 Å². The number of furan rings is 1. The molecule has 0 saturated carbocycles. The lowest BCUT2D eigenvalue weighted by molar-refractivity contribution is 0.141. The van der Waals surface area contributed by atoms with E-state index in [0.717, 1.165) is 51.1 Å². The van der Waals surface area contributed by atoms with E-state index in [1.165, 1.54) is 32.2 Å². The molecule has 1 aromatic rings. The Kier molecular flexibility index (Phi) is 8.64. The SMILES string of the molecule is CCNC(=NCC(c1ccco1)N1CCCC1)NCC1CCCN1CCOC. The zero-order valence-electron chi connectivity index (χ0n) is 17.5. The molecule has 0 radical (unpaired) electrons. The second-order valence-electron chi connectivity index (χ2n) is 7.70. The molecule has 2 aliphatic rings. The van der Waals surface area contributed by atoms with E-state index in [0.29, 0.717) is 12.6 Å². The Bertz CT molecular complexity index is 571. The first-order valence-electron chi connectivity index (χ1n) is 10.8. The van der Waals surface area contributed by atoms with Crippen LogP contribution in [0.1, 0.15) is 44.4 Å². The molecule has 0 aliphatic carbocycles. The van der Waals surface area contributed by atoms with Gasteiger partial charge in [0.15, 0.2) is 5.96 Å². The molecule has 3 heterocycles. The molecule has 2 fully saturated rings. The zero-order chi connectivity index (χ0) is 19.6. The summed E-state index contributed by atoms with van der Waals surface area (Å²) in [4.78, 5) is 9.93. The lowest BCUT2D eigenvalue weighted by Crippen LogP contribution is -2.45. The smallest absolute Gasteiger partial charge is 0.191 e. The molecule has 7 heteroatoms. The van der Waals surface area contributed by atoms with Gasteiger partial charge in [0.05, 0.1) is 25.5 Å². The number of nitrogens with one attached hydrogen (secondary N) is 2. The van der Waals surface area contributed by atoms with Gasteiger partial charge in [0, 0.05) is 32.8 Å². The van der Waals surface area contributed by atoms with Crippen LogP contribution in [0, 0.1) is 0 Å². The van der Waals surface area contributed by atoms with Crippen molar-refractivity contribution in [3.8, 4) is 0 Å². The molecule has 2 N–H and O–H groups in total. The van der Waals surface area contributed by atoms with Gasteiger partial charge in [-0.15, -0.1) is 0 Å². The van der Waals surface area contributed by atoms with E-state index in [2.05, 4.69) is 33.4 Å². The summed E-state index contributed by atoms with van der Waals surface area (Å²) in [5.74, 6) is 1.92. The van der Waals surface area contributed by atoms with Gasteiger partial charge in [-0.3, -0.25) is 14.8 Å². The first-order valence-corrected chi connectivity index (χ1v) is 10.8. The highest BCUT2D eigenvalue weighted by Crippen LogP contribution is 2.25. The van der Waals surface area contributed by atoms with Crippen LogP contribution in [-0.2, 0) is 4.74 Å². The van der Waals surface area contributed by atoms with Crippen molar-refractivity contribution in [1.29, 1.82) is 0 Å². The molecule has 2 saturated heterocycles. The van der Waals surface area contributed by atoms with Gasteiger partial charge in [-0.1, -0.05) is 0 Å². The van der Waals surface area contributed by atoms with Gasteiger partial charge >= 0.3 is 0 Å². The van der Waals surface area contributed by atoms with Crippen LogP contribution in [0.15, 0.2) is 27.8 Å². The van der Waals surface area contributed by atoms with E-state index < -0.39 is 0 Å². The lowest BCUT2D eigenvalue weighted by Gasteiger charge is -2.26. The Morgan fingerprint density at radius 2 is 2.14 bits per heavy atom. The molecule has 158 valence electrons. The highest BCUT2D eigenvalue weighted by Gasteiger charge is 2.26. The first kappa shape index (κ1) is 21.1. The van der Waals surface area contributed by atoms with E-state index >= 15 is 0 Å². The summed E-state index contributed by atoms with van der Waals surface area (Å²) in [6, 6.07) is 4.82. The molecule has 0 aromatic carbocycles. The molecule has 3 rings (SSSR count). The number of hydrogen-bond acceptors (Lipinski definition) is 5. The average molecular weight is 392 g/mol. The number of likely N-dealkylation sites (tertiary alicyclic amines) is 2. The summed E-state index contributed by atoms with van der Waals surface area (Å²) >= 11 is 0. The first-order chi connectivity index (χ1) is 13.8. The van der Waals surface area contributed by atoms with E-state index in [1.54, 1.807) is 13.4 Å². The Hall–Kier alpha value is -1.57. The number of ether oxygens (including phenoxy) is 1. The van der Waals surface area contributed by atoms with Gasteiger partial charge in [-0.05, 0) is 64.4 Å². The van der Waals surface area contributed by atoms with Gasteiger partial charge in [-0.25, -0.2) is 0 Å². The second-order valence-corrected chi connectivity index (χ2v) is 7.70. The van der Waals surface area contributed by atoms with Crippen molar-refractivity contribution in [2.24, 2.45) is 4.99 Å².